The number of benzene rings is 1. The van der Waals surface area contributed by atoms with E-state index in [2.05, 4.69) is 4.99 Å². The summed E-state index contributed by atoms with van der Waals surface area (Å²) in [5.41, 5.74) is -0.0533. The summed E-state index contributed by atoms with van der Waals surface area (Å²) in [4.78, 5) is 28.8. The second kappa shape index (κ2) is 8.90. The lowest BCUT2D eigenvalue weighted by atomic mass is 9.99. The van der Waals surface area contributed by atoms with Crippen molar-refractivity contribution in [2.75, 3.05) is 26.0 Å². The number of ether oxygens (including phenoxy) is 1. The van der Waals surface area contributed by atoms with Crippen LogP contribution in [0.3, 0.4) is 0 Å². The van der Waals surface area contributed by atoms with Crippen molar-refractivity contribution in [3.63, 3.8) is 0 Å². The molecule has 0 radical (unpaired) electrons. The van der Waals surface area contributed by atoms with E-state index in [1.165, 1.54) is 8.87 Å². The quantitative estimate of drug-likeness (QED) is 0.631. The highest BCUT2D eigenvalue weighted by Crippen LogP contribution is 2.23. The number of nitrogens with zero attached hydrogens (tertiary/aromatic N) is 3. The number of thiazole rings is 1. The number of halogens is 2. The first kappa shape index (κ1) is 22.5. The monoisotopic (exact) mass is 461 g/mol. The van der Waals surface area contributed by atoms with Gasteiger partial charge in [-0.2, -0.15) is 4.99 Å². The Morgan fingerprint density at radius 1 is 1.33 bits per heavy atom. The molecule has 0 aliphatic carbocycles. The van der Waals surface area contributed by atoms with Gasteiger partial charge in [-0.05, 0) is 25.8 Å². The van der Waals surface area contributed by atoms with E-state index < -0.39 is 46.0 Å². The van der Waals surface area contributed by atoms with Gasteiger partial charge < -0.3 is 9.30 Å². The predicted molar refractivity (Wildman–Crippen MR) is 106 cm³/mol. The van der Waals surface area contributed by atoms with Gasteiger partial charge in [-0.15, -0.1) is 0 Å². The molecular formula is C18H21F2N3O5S2. The van der Waals surface area contributed by atoms with E-state index in [4.69, 9.17) is 4.74 Å². The maximum Gasteiger partial charge on any atom is 0.326 e. The van der Waals surface area contributed by atoms with Crippen LogP contribution in [-0.2, 0) is 30.9 Å². The minimum absolute atomic E-state index is 0.00687. The number of rotatable bonds is 5. The average Bonchev–Trinajstić information content (AvgIpc) is 2.98. The molecule has 0 bridgehead atoms. The molecule has 12 heteroatoms. The first-order valence-electron chi connectivity index (χ1n) is 9.28. The second-order valence-electron chi connectivity index (χ2n) is 6.92. The molecule has 1 aliphatic heterocycles. The molecule has 1 aromatic heterocycles. The van der Waals surface area contributed by atoms with Gasteiger partial charge in [-0.25, -0.2) is 21.5 Å². The number of esters is 1. The lowest BCUT2D eigenvalue weighted by Gasteiger charge is -2.28. The highest BCUT2D eigenvalue weighted by atomic mass is 32.2. The fourth-order valence-corrected chi connectivity index (χ4v) is 5.31. The highest BCUT2D eigenvalue weighted by Gasteiger charge is 2.30. The number of carbonyl (C=O) groups excluding carboxylic acids is 2. The summed E-state index contributed by atoms with van der Waals surface area (Å²) in [7, 11) is -3.44. The lowest BCUT2D eigenvalue weighted by molar-refractivity contribution is -0.143. The summed E-state index contributed by atoms with van der Waals surface area (Å²) in [5.74, 6) is -3.57. The SMILES string of the molecule is CCOC(=O)Cn1c(=NC(=O)C2CCCN(S(C)(=O)=O)C2)sc2cc(F)cc(F)c21. The summed E-state index contributed by atoms with van der Waals surface area (Å²) in [5, 5.41) is 0. The maximum absolute atomic E-state index is 14.4. The van der Waals surface area contributed by atoms with Crippen LogP contribution in [0.5, 0.6) is 0 Å². The normalized spacial score (nSPS) is 18.7. The summed E-state index contributed by atoms with van der Waals surface area (Å²) < 4.78 is 59.1. The van der Waals surface area contributed by atoms with Gasteiger partial charge in [0, 0.05) is 19.2 Å². The zero-order valence-corrected chi connectivity index (χ0v) is 18.1. The number of amides is 1. The Morgan fingerprint density at radius 2 is 2.07 bits per heavy atom. The Morgan fingerprint density at radius 3 is 2.73 bits per heavy atom. The molecule has 8 nitrogen and oxygen atoms in total. The van der Waals surface area contributed by atoms with Crippen LogP contribution in [0, 0.1) is 17.6 Å². The highest BCUT2D eigenvalue weighted by molar-refractivity contribution is 7.88. The summed E-state index contributed by atoms with van der Waals surface area (Å²) in [6.07, 6.45) is 2.04. The smallest absolute Gasteiger partial charge is 0.326 e. The third kappa shape index (κ3) is 4.93. The first-order chi connectivity index (χ1) is 14.1. The van der Waals surface area contributed by atoms with Crippen LogP contribution in [0.1, 0.15) is 19.8 Å². The molecule has 1 saturated heterocycles. The van der Waals surface area contributed by atoms with Crippen LogP contribution in [-0.4, -0.2) is 55.1 Å². The van der Waals surface area contributed by atoms with Gasteiger partial charge in [0.25, 0.3) is 5.91 Å². The Labute approximate surface area is 175 Å². The standard InChI is InChI=1S/C18H21F2N3O5S2/c1-3-28-15(24)10-23-16-13(20)7-12(19)8-14(16)29-18(23)21-17(25)11-5-4-6-22(9-11)30(2,26)27/h7-8,11H,3-6,9-10H2,1-2H3. The van der Waals surface area contributed by atoms with Gasteiger partial charge in [0.15, 0.2) is 10.6 Å². The molecule has 1 fully saturated rings. The largest absolute Gasteiger partial charge is 0.465 e. The minimum atomic E-state index is -3.44. The van der Waals surface area contributed by atoms with Gasteiger partial charge in [0.2, 0.25) is 10.0 Å². The number of aromatic nitrogens is 1. The molecule has 0 N–H and O–H groups in total. The van der Waals surface area contributed by atoms with E-state index >= 15 is 0 Å². The number of piperidine rings is 1. The van der Waals surface area contributed by atoms with Gasteiger partial charge >= 0.3 is 5.97 Å². The first-order valence-corrected chi connectivity index (χ1v) is 11.9. The molecule has 2 aromatic rings. The number of hydrogen-bond acceptors (Lipinski definition) is 6. The zero-order valence-electron chi connectivity index (χ0n) is 16.4. The summed E-state index contributed by atoms with van der Waals surface area (Å²) in [6, 6.07) is 1.79. The lowest BCUT2D eigenvalue weighted by Crippen LogP contribution is -2.41. The fraction of sp³-hybridized carbons (Fsp3) is 0.500. The molecule has 0 saturated carbocycles. The van der Waals surface area contributed by atoms with Crippen molar-refractivity contribution in [2.45, 2.75) is 26.3 Å². The number of fused-ring (bicyclic) bond motifs is 1. The minimum Gasteiger partial charge on any atom is -0.465 e. The van der Waals surface area contributed by atoms with E-state index in [1.807, 2.05) is 0 Å². The average molecular weight is 462 g/mol. The molecule has 1 aromatic carbocycles. The van der Waals surface area contributed by atoms with E-state index in [1.54, 1.807) is 6.92 Å². The second-order valence-corrected chi connectivity index (χ2v) is 9.91. The van der Waals surface area contributed by atoms with Crippen molar-refractivity contribution in [1.82, 2.24) is 8.87 Å². The molecule has 1 atom stereocenters. The van der Waals surface area contributed by atoms with Gasteiger partial charge in [-0.3, -0.25) is 9.59 Å². The molecule has 1 aliphatic rings. The predicted octanol–water partition coefficient (Wildman–Crippen LogP) is 1.64. The summed E-state index contributed by atoms with van der Waals surface area (Å²) in [6.45, 7) is 1.68. The van der Waals surface area contributed by atoms with Crippen LogP contribution in [0.4, 0.5) is 8.78 Å². The molecule has 2 heterocycles. The van der Waals surface area contributed by atoms with Crippen molar-refractivity contribution in [3.8, 4) is 0 Å². The fourth-order valence-electron chi connectivity index (χ4n) is 3.33. The van der Waals surface area contributed by atoms with E-state index in [-0.39, 0.29) is 28.2 Å². The third-order valence-electron chi connectivity index (χ3n) is 4.70. The Bertz CT molecular complexity index is 1160. The van der Waals surface area contributed by atoms with Crippen molar-refractivity contribution >= 4 is 43.5 Å². The van der Waals surface area contributed by atoms with Gasteiger partial charge in [0.05, 0.1) is 29.0 Å². The molecule has 1 amide bonds. The zero-order chi connectivity index (χ0) is 22.1. The van der Waals surface area contributed by atoms with Crippen LogP contribution >= 0.6 is 11.3 Å². The van der Waals surface area contributed by atoms with Crippen LogP contribution < -0.4 is 4.80 Å². The van der Waals surface area contributed by atoms with Crippen molar-refractivity contribution < 1.29 is 31.5 Å². The van der Waals surface area contributed by atoms with Crippen LogP contribution in [0.15, 0.2) is 17.1 Å². The molecule has 3 rings (SSSR count). The van der Waals surface area contributed by atoms with Crippen LogP contribution in [0.2, 0.25) is 0 Å². The Kier molecular flexibility index (Phi) is 6.68. The van der Waals surface area contributed by atoms with E-state index in [0.717, 1.165) is 23.7 Å². The van der Waals surface area contributed by atoms with Crippen molar-refractivity contribution in [1.29, 1.82) is 0 Å². The molecule has 164 valence electrons. The topological polar surface area (TPSA) is 98.0 Å². The van der Waals surface area contributed by atoms with Crippen LogP contribution in [0.25, 0.3) is 10.2 Å². The Hall–Kier alpha value is -2.18. The molecule has 30 heavy (non-hydrogen) atoms. The van der Waals surface area contributed by atoms with E-state index in [9.17, 15) is 26.8 Å². The van der Waals surface area contributed by atoms with Crippen molar-refractivity contribution in [2.24, 2.45) is 10.9 Å². The molecule has 1 unspecified atom stereocenters. The molecule has 0 spiro atoms. The summed E-state index contributed by atoms with van der Waals surface area (Å²) >= 11 is 0.867. The Balaban J connectivity index is 2.03. The third-order valence-corrected chi connectivity index (χ3v) is 6.99. The van der Waals surface area contributed by atoms with Gasteiger partial charge in [-0.1, -0.05) is 11.3 Å². The molecular weight excluding hydrogens is 440 g/mol. The van der Waals surface area contributed by atoms with Gasteiger partial charge in [0.1, 0.15) is 12.4 Å². The maximum atomic E-state index is 14.4. The number of sulfonamides is 1. The number of hydrogen-bond donors (Lipinski definition) is 0. The van der Waals surface area contributed by atoms with E-state index in [0.29, 0.717) is 25.5 Å². The van der Waals surface area contributed by atoms with Crippen molar-refractivity contribution in [3.05, 3.63) is 28.6 Å². The number of carbonyl (C=O) groups is 2.